The maximum atomic E-state index is 12.2. The minimum absolute atomic E-state index is 0.171. The molecule has 0 aliphatic carbocycles. The Hall–Kier alpha value is -1.27. The second kappa shape index (κ2) is 7.74. The Balaban J connectivity index is 1.65. The monoisotopic (exact) mass is 403 g/mol. The molecule has 2 aromatic rings. The highest BCUT2D eigenvalue weighted by molar-refractivity contribution is 8.00. The number of fused-ring (bicyclic) bond motifs is 1. The van der Waals surface area contributed by atoms with Gasteiger partial charge in [-0.2, -0.15) is 0 Å². The number of ether oxygens (including phenoxy) is 2. The van der Waals surface area contributed by atoms with E-state index in [-0.39, 0.29) is 11.7 Å². The van der Waals surface area contributed by atoms with Crippen LogP contribution >= 0.6 is 46.6 Å². The lowest BCUT2D eigenvalue weighted by molar-refractivity contribution is -0.113. The van der Waals surface area contributed by atoms with Crippen LogP contribution in [-0.2, 0) is 4.79 Å². The smallest absolute Gasteiger partial charge is 0.234 e. The van der Waals surface area contributed by atoms with Crippen molar-refractivity contribution in [1.82, 2.24) is 0 Å². The highest BCUT2D eigenvalue weighted by atomic mass is 35.5. The second-order valence-corrected chi connectivity index (χ2v) is 7.16. The van der Waals surface area contributed by atoms with Crippen molar-refractivity contribution in [2.45, 2.75) is 4.90 Å². The number of rotatable bonds is 4. The van der Waals surface area contributed by atoms with Crippen molar-refractivity contribution >= 4 is 58.2 Å². The van der Waals surface area contributed by atoms with Gasteiger partial charge in [-0.1, -0.05) is 34.8 Å². The normalized spacial score (nSPS) is 12.8. The summed E-state index contributed by atoms with van der Waals surface area (Å²) in [5.74, 6) is 1.09. The van der Waals surface area contributed by atoms with Gasteiger partial charge in [-0.05, 0) is 18.2 Å². The van der Waals surface area contributed by atoms with E-state index in [4.69, 9.17) is 44.3 Å². The minimum atomic E-state index is -0.213. The van der Waals surface area contributed by atoms with E-state index < -0.39 is 0 Å². The Morgan fingerprint density at radius 1 is 1.04 bits per heavy atom. The number of anilines is 1. The third-order valence-electron chi connectivity index (χ3n) is 3.16. The maximum Gasteiger partial charge on any atom is 0.234 e. The minimum Gasteiger partial charge on any atom is -0.486 e. The first kappa shape index (κ1) is 17.5. The van der Waals surface area contributed by atoms with Crippen molar-refractivity contribution in [3.8, 4) is 11.5 Å². The summed E-state index contributed by atoms with van der Waals surface area (Å²) in [5, 5.41) is 4.27. The number of thioether (sulfide) groups is 1. The van der Waals surface area contributed by atoms with Crippen LogP contribution in [0.25, 0.3) is 0 Å². The first-order valence-electron chi connectivity index (χ1n) is 7.00. The number of halogens is 3. The van der Waals surface area contributed by atoms with Gasteiger partial charge in [-0.15, -0.1) is 11.8 Å². The summed E-state index contributed by atoms with van der Waals surface area (Å²) >= 11 is 19.5. The van der Waals surface area contributed by atoms with E-state index >= 15 is 0 Å². The molecular formula is C16H12Cl3NO3S. The molecule has 1 amide bonds. The van der Waals surface area contributed by atoms with Gasteiger partial charge in [-0.3, -0.25) is 4.79 Å². The molecule has 0 radical (unpaired) electrons. The van der Waals surface area contributed by atoms with Crippen molar-refractivity contribution in [2.75, 3.05) is 24.3 Å². The van der Waals surface area contributed by atoms with Crippen LogP contribution in [0, 0.1) is 0 Å². The first-order valence-corrected chi connectivity index (χ1v) is 9.12. The lowest BCUT2D eigenvalue weighted by atomic mass is 10.2. The van der Waals surface area contributed by atoms with Gasteiger partial charge < -0.3 is 14.8 Å². The van der Waals surface area contributed by atoms with E-state index in [1.54, 1.807) is 30.3 Å². The van der Waals surface area contributed by atoms with Crippen molar-refractivity contribution in [3.05, 3.63) is 45.4 Å². The van der Waals surface area contributed by atoms with E-state index in [1.807, 2.05) is 0 Å². The second-order valence-electron chi connectivity index (χ2n) is 4.89. The van der Waals surface area contributed by atoms with Crippen LogP contribution in [-0.4, -0.2) is 24.9 Å². The molecule has 0 aromatic heterocycles. The quantitative estimate of drug-likeness (QED) is 0.716. The molecule has 0 saturated carbocycles. The Labute approximate surface area is 158 Å². The molecule has 0 spiro atoms. The molecule has 1 aliphatic rings. The number of carbonyl (C=O) groups excluding carboxylic acids is 1. The van der Waals surface area contributed by atoms with Crippen LogP contribution in [0.2, 0.25) is 15.1 Å². The van der Waals surface area contributed by atoms with Gasteiger partial charge in [0, 0.05) is 22.1 Å². The summed E-state index contributed by atoms with van der Waals surface area (Å²) in [6.45, 7) is 0.942. The Bertz CT molecular complexity index is 785. The van der Waals surface area contributed by atoms with Crippen LogP contribution in [0.4, 0.5) is 5.69 Å². The number of benzene rings is 2. The van der Waals surface area contributed by atoms with Gasteiger partial charge in [0.15, 0.2) is 11.5 Å². The van der Waals surface area contributed by atoms with Crippen molar-refractivity contribution in [3.63, 3.8) is 0 Å². The summed E-state index contributed by atoms with van der Waals surface area (Å²) in [6.07, 6.45) is 0. The van der Waals surface area contributed by atoms with E-state index in [9.17, 15) is 4.79 Å². The molecular weight excluding hydrogens is 393 g/mol. The molecule has 0 unspecified atom stereocenters. The SMILES string of the molecule is O=C(CSc1cc(Cl)ccc1Cl)Nc1cc2c(cc1Cl)OCCO2. The molecule has 8 heteroatoms. The van der Waals surface area contributed by atoms with E-state index in [2.05, 4.69) is 5.32 Å². The van der Waals surface area contributed by atoms with Gasteiger partial charge in [0.25, 0.3) is 0 Å². The van der Waals surface area contributed by atoms with Crippen molar-refractivity contribution in [1.29, 1.82) is 0 Å². The van der Waals surface area contributed by atoms with Crippen molar-refractivity contribution < 1.29 is 14.3 Å². The molecule has 1 aliphatic heterocycles. The molecule has 2 aromatic carbocycles. The van der Waals surface area contributed by atoms with E-state index in [0.29, 0.717) is 45.5 Å². The molecule has 24 heavy (non-hydrogen) atoms. The lowest BCUT2D eigenvalue weighted by Crippen LogP contribution is -2.17. The molecule has 3 rings (SSSR count). The van der Waals surface area contributed by atoms with Gasteiger partial charge >= 0.3 is 0 Å². The van der Waals surface area contributed by atoms with Gasteiger partial charge in [-0.25, -0.2) is 0 Å². The largest absolute Gasteiger partial charge is 0.486 e. The summed E-state index contributed by atoms with van der Waals surface area (Å²) in [4.78, 5) is 12.9. The first-order chi connectivity index (χ1) is 11.5. The predicted octanol–water partition coefficient (Wildman–Crippen LogP) is 5.15. The zero-order valence-corrected chi connectivity index (χ0v) is 15.4. The zero-order valence-electron chi connectivity index (χ0n) is 12.3. The number of nitrogens with one attached hydrogen (secondary N) is 1. The summed E-state index contributed by atoms with van der Waals surface area (Å²) < 4.78 is 10.9. The maximum absolute atomic E-state index is 12.2. The van der Waals surface area contributed by atoms with Crippen LogP contribution in [0.1, 0.15) is 0 Å². The van der Waals surface area contributed by atoms with Crippen LogP contribution in [0.15, 0.2) is 35.2 Å². The molecule has 0 bridgehead atoms. The van der Waals surface area contributed by atoms with Gasteiger partial charge in [0.2, 0.25) is 5.91 Å². The molecule has 0 saturated heterocycles. The Kier molecular flexibility index (Phi) is 5.66. The average molecular weight is 405 g/mol. The molecule has 1 N–H and O–H groups in total. The molecule has 4 nitrogen and oxygen atoms in total. The third-order valence-corrected chi connectivity index (χ3v) is 5.20. The Morgan fingerprint density at radius 2 is 1.75 bits per heavy atom. The van der Waals surface area contributed by atoms with Gasteiger partial charge in [0.1, 0.15) is 13.2 Å². The Morgan fingerprint density at radius 3 is 2.50 bits per heavy atom. The fourth-order valence-corrected chi connectivity index (χ4v) is 3.57. The topological polar surface area (TPSA) is 47.6 Å². The van der Waals surface area contributed by atoms with Gasteiger partial charge in [0.05, 0.1) is 21.5 Å². The summed E-state index contributed by atoms with van der Waals surface area (Å²) in [5.41, 5.74) is 0.476. The number of hydrogen-bond acceptors (Lipinski definition) is 4. The molecule has 0 atom stereocenters. The third kappa shape index (κ3) is 4.22. The van der Waals surface area contributed by atoms with Crippen LogP contribution < -0.4 is 14.8 Å². The lowest BCUT2D eigenvalue weighted by Gasteiger charge is -2.20. The summed E-state index contributed by atoms with van der Waals surface area (Å²) in [7, 11) is 0. The van der Waals surface area contributed by atoms with Crippen LogP contribution in [0.3, 0.4) is 0 Å². The van der Waals surface area contributed by atoms with E-state index in [0.717, 1.165) is 4.90 Å². The fourth-order valence-electron chi connectivity index (χ4n) is 2.08. The number of amides is 1. The molecule has 1 heterocycles. The standard InChI is InChI=1S/C16H12Cl3NO3S/c17-9-1-2-10(18)15(5-9)24-8-16(21)20-12-7-14-13(6-11(12)19)22-3-4-23-14/h1-2,5-7H,3-4,8H2,(H,20,21). The fraction of sp³-hybridized carbons (Fsp3) is 0.188. The molecule has 0 fully saturated rings. The average Bonchev–Trinajstić information content (AvgIpc) is 2.56. The highest BCUT2D eigenvalue weighted by Gasteiger charge is 2.16. The van der Waals surface area contributed by atoms with E-state index in [1.165, 1.54) is 11.8 Å². The molecule has 126 valence electrons. The predicted molar refractivity (Wildman–Crippen MR) is 98.3 cm³/mol. The number of hydrogen-bond donors (Lipinski definition) is 1. The van der Waals surface area contributed by atoms with Crippen molar-refractivity contribution in [2.24, 2.45) is 0 Å². The number of carbonyl (C=O) groups is 1. The summed E-state index contributed by atoms with van der Waals surface area (Å²) in [6, 6.07) is 8.40. The van der Waals surface area contributed by atoms with Crippen LogP contribution in [0.5, 0.6) is 11.5 Å². The highest BCUT2D eigenvalue weighted by Crippen LogP contribution is 2.38. The zero-order chi connectivity index (χ0) is 17.1.